The molecule has 0 N–H and O–H groups in total. The highest BCUT2D eigenvalue weighted by Gasteiger charge is 2.39. The maximum Gasteiger partial charge on any atom is -0.0318 e. The summed E-state index contributed by atoms with van der Waals surface area (Å²) in [6.07, 6.45) is 10.5. The number of fused-ring (bicyclic) bond motifs is 2. The second-order valence-electron chi connectivity index (χ2n) is 6.48. The monoisotopic (exact) mass is 194 g/mol. The largest absolute Gasteiger partial charge is 0.0651 e. The van der Waals surface area contributed by atoms with E-state index in [0.717, 1.165) is 17.8 Å². The third-order valence-corrected chi connectivity index (χ3v) is 4.70. The first-order valence-corrected chi connectivity index (χ1v) is 6.61. The Morgan fingerprint density at radius 2 is 1.93 bits per heavy atom. The van der Waals surface area contributed by atoms with Crippen LogP contribution in [0.4, 0.5) is 0 Å². The van der Waals surface area contributed by atoms with Crippen LogP contribution >= 0.6 is 0 Å². The molecule has 0 aromatic rings. The molecule has 2 fully saturated rings. The predicted octanol–water partition coefficient (Wildman–Crippen LogP) is 4.64. The summed E-state index contributed by atoms with van der Waals surface area (Å²) in [5.41, 5.74) is 0.708. The molecule has 0 nitrogen and oxygen atoms in total. The van der Waals surface area contributed by atoms with Crippen molar-refractivity contribution in [2.75, 3.05) is 0 Å². The van der Waals surface area contributed by atoms with Crippen LogP contribution in [0.1, 0.15) is 65.7 Å². The van der Waals surface area contributed by atoms with Gasteiger partial charge in [-0.2, -0.15) is 0 Å². The van der Waals surface area contributed by atoms with Gasteiger partial charge >= 0.3 is 0 Å². The minimum Gasteiger partial charge on any atom is -0.0651 e. The summed E-state index contributed by atoms with van der Waals surface area (Å²) < 4.78 is 0. The number of hydrogen-bond donors (Lipinski definition) is 0. The van der Waals surface area contributed by atoms with E-state index in [1.165, 1.54) is 44.9 Å². The molecule has 4 unspecified atom stereocenters. The minimum absolute atomic E-state index is 0.708. The van der Waals surface area contributed by atoms with Gasteiger partial charge in [0.15, 0.2) is 0 Å². The van der Waals surface area contributed by atoms with Crippen LogP contribution in [0.5, 0.6) is 0 Å². The molecule has 2 bridgehead atoms. The molecule has 2 rings (SSSR count). The highest BCUT2D eigenvalue weighted by Crippen LogP contribution is 2.50. The quantitative estimate of drug-likeness (QED) is 0.570. The van der Waals surface area contributed by atoms with Crippen molar-refractivity contribution in [2.45, 2.75) is 65.7 Å². The van der Waals surface area contributed by atoms with Gasteiger partial charge in [0.05, 0.1) is 0 Å². The average Bonchev–Trinajstić information content (AvgIpc) is 2.21. The molecular formula is C14H26. The second-order valence-corrected chi connectivity index (χ2v) is 6.48. The molecule has 0 heteroatoms. The van der Waals surface area contributed by atoms with Crippen LogP contribution in [0.25, 0.3) is 0 Å². The predicted molar refractivity (Wildman–Crippen MR) is 62.2 cm³/mol. The van der Waals surface area contributed by atoms with Gasteiger partial charge in [-0.1, -0.05) is 40.0 Å². The minimum atomic E-state index is 0.708. The molecule has 2 aliphatic carbocycles. The Bertz CT molecular complexity index is 196. The Hall–Kier alpha value is 0. The first kappa shape index (κ1) is 10.5. The molecule has 0 aromatic heterocycles. The van der Waals surface area contributed by atoms with Crippen LogP contribution < -0.4 is 0 Å². The smallest absolute Gasteiger partial charge is 0.0318 e. The van der Waals surface area contributed by atoms with Crippen molar-refractivity contribution in [3.05, 3.63) is 0 Å². The molecule has 0 aliphatic heterocycles. The van der Waals surface area contributed by atoms with Gasteiger partial charge in [-0.25, -0.2) is 0 Å². The molecule has 82 valence electrons. The fraction of sp³-hybridized carbons (Fsp3) is 1.00. The zero-order chi connectivity index (χ0) is 10.2. The van der Waals surface area contributed by atoms with E-state index in [1.54, 1.807) is 0 Å². The molecule has 0 spiro atoms. The lowest BCUT2D eigenvalue weighted by molar-refractivity contribution is 0.109. The fourth-order valence-electron chi connectivity index (χ4n) is 4.36. The lowest BCUT2D eigenvalue weighted by Crippen LogP contribution is -2.29. The van der Waals surface area contributed by atoms with Gasteiger partial charge in [0.1, 0.15) is 0 Å². The van der Waals surface area contributed by atoms with Crippen LogP contribution in [0.2, 0.25) is 0 Å². The maximum absolute atomic E-state index is 2.56. The zero-order valence-corrected chi connectivity index (χ0v) is 10.2. The molecule has 0 aromatic carbocycles. The van der Waals surface area contributed by atoms with E-state index in [1.807, 2.05) is 0 Å². The van der Waals surface area contributed by atoms with Gasteiger partial charge in [-0.3, -0.25) is 0 Å². The summed E-state index contributed by atoms with van der Waals surface area (Å²) in [4.78, 5) is 0. The molecule has 4 atom stereocenters. The first-order chi connectivity index (χ1) is 6.61. The van der Waals surface area contributed by atoms with Gasteiger partial charge in [0.25, 0.3) is 0 Å². The highest BCUT2D eigenvalue weighted by atomic mass is 14.4. The SMILES string of the molecule is CCC1CCC2CC(C)CC(C)(C1)C2. The molecule has 2 saturated carbocycles. The number of rotatable bonds is 1. The normalized spacial score (nSPS) is 48.6. The van der Waals surface area contributed by atoms with E-state index in [4.69, 9.17) is 0 Å². The van der Waals surface area contributed by atoms with Crippen LogP contribution in [0.3, 0.4) is 0 Å². The van der Waals surface area contributed by atoms with Gasteiger partial charge in [-0.05, 0) is 48.9 Å². The van der Waals surface area contributed by atoms with Crippen LogP contribution in [0, 0.1) is 23.2 Å². The van der Waals surface area contributed by atoms with Crippen molar-refractivity contribution in [1.29, 1.82) is 0 Å². The molecule has 0 amide bonds. The molecule has 0 heterocycles. The zero-order valence-electron chi connectivity index (χ0n) is 10.2. The summed E-state index contributed by atoms with van der Waals surface area (Å²) in [5, 5.41) is 0. The molecule has 0 saturated heterocycles. The van der Waals surface area contributed by atoms with Crippen molar-refractivity contribution in [3.8, 4) is 0 Å². The molecule has 2 aliphatic rings. The molecule has 0 radical (unpaired) electrons. The lowest BCUT2D eigenvalue weighted by atomic mass is 9.65. The van der Waals surface area contributed by atoms with Crippen LogP contribution in [0.15, 0.2) is 0 Å². The Balaban J connectivity index is 2.10. The third kappa shape index (κ3) is 2.15. The Morgan fingerprint density at radius 1 is 1.14 bits per heavy atom. The Kier molecular flexibility index (Phi) is 2.91. The topological polar surface area (TPSA) is 0 Å². The molecule has 14 heavy (non-hydrogen) atoms. The van der Waals surface area contributed by atoms with E-state index < -0.39 is 0 Å². The van der Waals surface area contributed by atoms with E-state index >= 15 is 0 Å². The summed E-state index contributed by atoms with van der Waals surface area (Å²) in [7, 11) is 0. The van der Waals surface area contributed by atoms with Gasteiger partial charge in [-0.15, -0.1) is 0 Å². The van der Waals surface area contributed by atoms with Gasteiger partial charge in [0.2, 0.25) is 0 Å². The van der Waals surface area contributed by atoms with E-state index in [0.29, 0.717) is 5.41 Å². The summed E-state index contributed by atoms with van der Waals surface area (Å²) >= 11 is 0. The number of hydrogen-bond acceptors (Lipinski definition) is 0. The van der Waals surface area contributed by atoms with E-state index in [-0.39, 0.29) is 0 Å². The van der Waals surface area contributed by atoms with Gasteiger partial charge < -0.3 is 0 Å². The maximum atomic E-state index is 2.56. The summed E-state index contributed by atoms with van der Waals surface area (Å²) in [6.45, 7) is 7.41. The Labute approximate surface area is 89.5 Å². The van der Waals surface area contributed by atoms with Crippen LogP contribution in [-0.2, 0) is 0 Å². The molecular weight excluding hydrogens is 168 g/mol. The van der Waals surface area contributed by atoms with Crippen molar-refractivity contribution in [1.82, 2.24) is 0 Å². The van der Waals surface area contributed by atoms with Crippen molar-refractivity contribution < 1.29 is 0 Å². The van der Waals surface area contributed by atoms with E-state index in [9.17, 15) is 0 Å². The van der Waals surface area contributed by atoms with Gasteiger partial charge in [0, 0.05) is 0 Å². The summed E-state index contributed by atoms with van der Waals surface area (Å²) in [5.74, 6) is 3.10. The van der Waals surface area contributed by atoms with E-state index in [2.05, 4.69) is 20.8 Å². The average molecular weight is 194 g/mol. The van der Waals surface area contributed by atoms with Crippen molar-refractivity contribution in [2.24, 2.45) is 23.2 Å². The second kappa shape index (κ2) is 3.87. The van der Waals surface area contributed by atoms with Crippen LogP contribution in [-0.4, -0.2) is 0 Å². The van der Waals surface area contributed by atoms with Crippen molar-refractivity contribution in [3.63, 3.8) is 0 Å². The standard InChI is InChI=1S/C14H26/c1-4-12-5-6-13-7-11(2)8-14(3,9-12)10-13/h11-13H,4-10H2,1-3H3. The highest BCUT2D eigenvalue weighted by molar-refractivity contribution is 4.90. The van der Waals surface area contributed by atoms with Crippen molar-refractivity contribution >= 4 is 0 Å². The fourth-order valence-corrected chi connectivity index (χ4v) is 4.36. The Morgan fingerprint density at radius 3 is 2.64 bits per heavy atom. The summed E-state index contributed by atoms with van der Waals surface area (Å²) in [6, 6.07) is 0. The third-order valence-electron chi connectivity index (χ3n) is 4.70. The lowest BCUT2D eigenvalue weighted by Gasteiger charge is -2.40. The first-order valence-electron chi connectivity index (χ1n) is 6.61.